The maximum absolute atomic E-state index is 13.9. The molecule has 0 aromatic heterocycles. The highest BCUT2D eigenvalue weighted by Crippen LogP contribution is 2.25. The molecule has 1 fully saturated rings. The molecule has 1 heterocycles. The van der Waals surface area contributed by atoms with Crippen molar-refractivity contribution in [3.63, 3.8) is 0 Å². The second kappa shape index (κ2) is 5.91. The summed E-state index contributed by atoms with van der Waals surface area (Å²) in [6.45, 7) is 3.38. The molecule has 1 aromatic carbocycles. The van der Waals surface area contributed by atoms with Crippen molar-refractivity contribution < 1.29 is 9.50 Å². The smallest absolute Gasteiger partial charge is 0.129 e. The maximum atomic E-state index is 13.9. The lowest BCUT2D eigenvalue weighted by atomic mass is 10.0. The molecule has 1 atom stereocenters. The van der Waals surface area contributed by atoms with Crippen LogP contribution in [0.15, 0.2) is 22.7 Å². The van der Waals surface area contributed by atoms with Crippen LogP contribution in [0.3, 0.4) is 0 Å². The van der Waals surface area contributed by atoms with Crippen LogP contribution in [0.4, 0.5) is 4.39 Å². The number of benzene rings is 1. The number of nitrogens with zero attached hydrogens (tertiary/aromatic N) is 1. The summed E-state index contributed by atoms with van der Waals surface area (Å²) >= 11 is 3.24. The number of rotatable bonds is 3. The van der Waals surface area contributed by atoms with E-state index < -0.39 is 0 Å². The Hall–Kier alpha value is -0.490. The van der Waals surface area contributed by atoms with Crippen molar-refractivity contribution in [3.05, 3.63) is 34.1 Å². The van der Waals surface area contributed by atoms with E-state index >= 15 is 0 Å². The molecular weight excluding hydrogens is 287 g/mol. The Labute approximate surface area is 109 Å². The quantitative estimate of drug-likeness (QED) is 0.889. The normalized spacial score (nSPS) is 19.2. The first-order chi connectivity index (χ1) is 8.22. The van der Waals surface area contributed by atoms with Crippen LogP contribution in [0.2, 0.25) is 0 Å². The zero-order valence-electron chi connectivity index (χ0n) is 9.50. The molecule has 3 nitrogen and oxygen atoms in total. The third-order valence-corrected chi connectivity index (χ3v) is 3.58. The number of hydrogen-bond donors (Lipinski definition) is 2. The lowest BCUT2D eigenvalue weighted by Gasteiger charge is -2.34. The Kier molecular flexibility index (Phi) is 4.50. The molecule has 0 aliphatic carbocycles. The molecular formula is C12H16BrFN2O. The minimum Gasteiger partial charge on any atom is -0.394 e. The molecule has 2 N–H and O–H groups in total. The second-order valence-corrected chi connectivity index (χ2v) is 5.07. The van der Waals surface area contributed by atoms with Gasteiger partial charge >= 0.3 is 0 Å². The summed E-state index contributed by atoms with van der Waals surface area (Å²) in [5, 5.41) is 12.7. The average Bonchev–Trinajstić information content (AvgIpc) is 2.34. The van der Waals surface area contributed by atoms with Crippen LogP contribution in [-0.2, 0) is 0 Å². The second-order valence-electron chi connectivity index (χ2n) is 4.15. The van der Waals surface area contributed by atoms with Crippen LogP contribution in [-0.4, -0.2) is 42.8 Å². The average molecular weight is 303 g/mol. The van der Waals surface area contributed by atoms with Gasteiger partial charge in [0.2, 0.25) is 0 Å². The van der Waals surface area contributed by atoms with Gasteiger partial charge in [0.05, 0.1) is 12.6 Å². The SMILES string of the molecule is OC[C@@H](c1ccc(Br)cc1F)N1CCNCC1. The van der Waals surface area contributed by atoms with E-state index in [0.717, 1.165) is 30.7 Å². The van der Waals surface area contributed by atoms with E-state index in [4.69, 9.17) is 0 Å². The molecule has 94 valence electrons. The number of halogens is 2. The van der Waals surface area contributed by atoms with Crippen LogP contribution in [0.1, 0.15) is 11.6 Å². The van der Waals surface area contributed by atoms with Gasteiger partial charge in [-0.05, 0) is 12.1 Å². The highest BCUT2D eigenvalue weighted by atomic mass is 79.9. The van der Waals surface area contributed by atoms with Gasteiger partial charge in [-0.3, -0.25) is 4.90 Å². The van der Waals surface area contributed by atoms with Crippen molar-refractivity contribution in [2.24, 2.45) is 0 Å². The fraction of sp³-hybridized carbons (Fsp3) is 0.500. The van der Waals surface area contributed by atoms with E-state index in [-0.39, 0.29) is 18.5 Å². The fourth-order valence-corrected chi connectivity index (χ4v) is 2.51. The maximum Gasteiger partial charge on any atom is 0.129 e. The van der Waals surface area contributed by atoms with Gasteiger partial charge in [0.25, 0.3) is 0 Å². The lowest BCUT2D eigenvalue weighted by Crippen LogP contribution is -2.46. The Morgan fingerprint density at radius 1 is 1.41 bits per heavy atom. The highest BCUT2D eigenvalue weighted by Gasteiger charge is 2.23. The van der Waals surface area contributed by atoms with E-state index in [1.54, 1.807) is 6.07 Å². The number of aliphatic hydroxyl groups is 1. The van der Waals surface area contributed by atoms with Crippen molar-refractivity contribution in [2.45, 2.75) is 6.04 Å². The first kappa shape index (κ1) is 13.0. The van der Waals surface area contributed by atoms with E-state index in [1.165, 1.54) is 6.07 Å². The number of piperazine rings is 1. The Morgan fingerprint density at radius 3 is 2.71 bits per heavy atom. The monoisotopic (exact) mass is 302 g/mol. The van der Waals surface area contributed by atoms with Gasteiger partial charge in [0.15, 0.2) is 0 Å². The molecule has 1 saturated heterocycles. The molecule has 0 radical (unpaired) electrons. The largest absolute Gasteiger partial charge is 0.394 e. The van der Waals surface area contributed by atoms with Crippen LogP contribution in [0, 0.1) is 5.82 Å². The van der Waals surface area contributed by atoms with Crippen molar-refractivity contribution in [1.29, 1.82) is 0 Å². The molecule has 0 unspecified atom stereocenters. The molecule has 0 saturated carbocycles. The van der Waals surface area contributed by atoms with Crippen LogP contribution in [0.5, 0.6) is 0 Å². The third kappa shape index (κ3) is 3.04. The molecule has 5 heteroatoms. The van der Waals surface area contributed by atoms with E-state index in [9.17, 15) is 9.50 Å². The van der Waals surface area contributed by atoms with E-state index in [2.05, 4.69) is 26.1 Å². The van der Waals surface area contributed by atoms with Crippen molar-refractivity contribution in [1.82, 2.24) is 10.2 Å². The summed E-state index contributed by atoms with van der Waals surface area (Å²) in [6, 6.07) is 4.75. The Morgan fingerprint density at radius 2 is 2.12 bits per heavy atom. The zero-order valence-corrected chi connectivity index (χ0v) is 11.1. The topological polar surface area (TPSA) is 35.5 Å². The molecule has 0 bridgehead atoms. The molecule has 1 aromatic rings. The van der Waals surface area contributed by atoms with Crippen molar-refractivity contribution in [2.75, 3.05) is 32.8 Å². The number of aliphatic hydroxyl groups excluding tert-OH is 1. The molecule has 1 aliphatic rings. The van der Waals surface area contributed by atoms with Crippen LogP contribution < -0.4 is 5.32 Å². The zero-order chi connectivity index (χ0) is 12.3. The summed E-state index contributed by atoms with van der Waals surface area (Å²) in [6.07, 6.45) is 0. The third-order valence-electron chi connectivity index (χ3n) is 3.09. The summed E-state index contributed by atoms with van der Waals surface area (Å²) in [5.74, 6) is -0.267. The van der Waals surface area contributed by atoms with Gasteiger partial charge in [-0.2, -0.15) is 0 Å². The van der Waals surface area contributed by atoms with E-state index in [1.807, 2.05) is 6.07 Å². The molecule has 0 spiro atoms. The Bertz CT molecular complexity index is 383. The van der Waals surface area contributed by atoms with Gasteiger partial charge in [-0.1, -0.05) is 22.0 Å². The van der Waals surface area contributed by atoms with Crippen LogP contribution >= 0.6 is 15.9 Å². The summed E-state index contributed by atoms with van der Waals surface area (Å²) < 4.78 is 14.6. The fourth-order valence-electron chi connectivity index (χ4n) is 2.18. The summed E-state index contributed by atoms with van der Waals surface area (Å²) in [5.41, 5.74) is 0.567. The molecule has 2 rings (SSSR count). The lowest BCUT2D eigenvalue weighted by molar-refractivity contribution is 0.108. The van der Waals surface area contributed by atoms with Gasteiger partial charge < -0.3 is 10.4 Å². The summed E-state index contributed by atoms with van der Waals surface area (Å²) in [4.78, 5) is 2.11. The predicted molar refractivity (Wildman–Crippen MR) is 68.4 cm³/mol. The van der Waals surface area contributed by atoms with Gasteiger partial charge in [-0.25, -0.2) is 4.39 Å². The minimum absolute atomic E-state index is 0.0570. The van der Waals surface area contributed by atoms with Crippen molar-refractivity contribution in [3.8, 4) is 0 Å². The molecule has 0 amide bonds. The highest BCUT2D eigenvalue weighted by molar-refractivity contribution is 9.10. The summed E-state index contributed by atoms with van der Waals surface area (Å²) in [7, 11) is 0. The minimum atomic E-state index is -0.267. The molecule has 1 aliphatic heterocycles. The van der Waals surface area contributed by atoms with E-state index in [0.29, 0.717) is 5.56 Å². The van der Waals surface area contributed by atoms with Gasteiger partial charge in [0.1, 0.15) is 5.82 Å². The first-order valence-corrected chi connectivity index (χ1v) is 6.52. The molecule has 17 heavy (non-hydrogen) atoms. The number of hydrogen-bond acceptors (Lipinski definition) is 3. The predicted octanol–water partition coefficient (Wildman–Crippen LogP) is 1.53. The first-order valence-electron chi connectivity index (χ1n) is 5.73. The standard InChI is InChI=1S/C12H16BrFN2O/c13-9-1-2-10(11(14)7-9)12(8-17)16-5-3-15-4-6-16/h1-2,7,12,15,17H,3-6,8H2/t12-/m0/s1. The van der Waals surface area contributed by atoms with Gasteiger partial charge in [-0.15, -0.1) is 0 Å². The van der Waals surface area contributed by atoms with Gasteiger partial charge in [0, 0.05) is 36.2 Å². The number of nitrogens with one attached hydrogen (secondary N) is 1. The Balaban J connectivity index is 2.21. The van der Waals surface area contributed by atoms with Crippen molar-refractivity contribution >= 4 is 15.9 Å². The van der Waals surface area contributed by atoms with Crippen LogP contribution in [0.25, 0.3) is 0 Å².